The molecule has 1 aliphatic heterocycles. The highest BCUT2D eigenvalue weighted by Crippen LogP contribution is 2.30. The molecule has 1 fully saturated rings. The fourth-order valence-corrected chi connectivity index (χ4v) is 3.48. The number of hydrogen-bond donors (Lipinski definition) is 3. The molecule has 0 saturated carbocycles. The molecule has 0 spiro atoms. The van der Waals surface area contributed by atoms with Crippen molar-refractivity contribution >= 4 is 28.5 Å². The van der Waals surface area contributed by atoms with E-state index in [1.807, 2.05) is 38.4 Å². The highest BCUT2D eigenvalue weighted by Gasteiger charge is 2.15. The molecule has 0 amide bonds. The third kappa shape index (κ3) is 3.36. The van der Waals surface area contributed by atoms with E-state index in [1.54, 1.807) is 0 Å². The number of benzene rings is 1. The maximum atomic E-state index is 7.79. The Morgan fingerprint density at radius 3 is 2.82 bits per heavy atom. The van der Waals surface area contributed by atoms with Gasteiger partial charge in [-0.2, -0.15) is 5.10 Å². The van der Waals surface area contributed by atoms with E-state index in [-0.39, 0.29) is 0 Å². The smallest absolute Gasteiger partial charge is 0.129 e. The van der Waals surface area contributed by atoms with Crippen LogP contribution < -0.4 is 10.2 Å². The summed E-state index contributed by atoms with van der Waals surface area (Å²) in [5, 5.41) is 19.6. The van der Waals surface area contributed by atoms with Crippen LogP contribution in [0.3, 0.4) is 0 Å². The lowest BCUT2D eigenvalue weighted by molar-refractivity contribution is 0.122. The van der Waals surface area contributed by atoms with Gasteiger partial charge in [-0.1, -0.05) is 6.07 Å². The number of H-pyrrole nitrogens is 1. The Balaban J connectivity index is 1.77. The molecular formula is C21H24N6O. The number of morpholine rings is 1. The van der Waals surface area contributed by atoms with Crippen molar-refractivity contribution in [2.24, 2.45) is 0 Å². The second-order valence-electron chi connectivity index (χ2n) is 6.77. The first-order valence-electron chi connectivity index (χ1n) is 9.38. The molecule has 2 aromatic heterocycles. The zero-order chi connectivity index (χ0) is 19.5. The Morgan fingerprint density at radius 1 is 1.25 bits per heavy atom. The molecule has 4 rings (SSSR count). The van der Waals surface area contributed by atoms with Gasteiger partial charge >= 0.3 is 0 Å². The van der Waals surface area contributed by atoms with Crippen LogP contribution in [0, 0.1) is 5.41 Å². The second kappa shape index (κ2) is 7.82. The van der Waals surface area contributed by atoms with Gasteiger partial charge in [0.1, 0.15) is 11.5 Å². The molecule has 144 valence electrons. The van der Waals surface area contributed by atoms with E-state index in [9.17, 15) is 0 Å². The minimum atomic E-state index is 0.726. The Morgan fingerprint density at radius 2 is 2.07 bits per heavy atom. The maximum Gasteiger partial charge on any atom is 0.129 e. The number of aromatic amines is 1. The van der Waals surface area contributed by atoms with Crippen molar-refractivity contribution in [1.29, 1.82) is 5.41 Å². The topological polar surface area (TPSA) is 89.9 Å². The number of fused-ring (bicyclic) bond motifs is 1. The van der Waals surface area contributed by atoms with Gasteiger partial charge in [-0.15, -0.1) is 0 Å². The van der Waals surface area contributed by atoms with Crippen molar-refractivity contribution in [2.45, 2.75) is 6.92 Å². The monoisotopic (exact) mass is 376 g/mol. The van der Waals surface area contributed by atoms with Crippen molar-refractivity contribution in [3.63, 3.8) is 0 Å². The summed E-state index contributed by atoms with van der Waals surface area (Å²) in [6.45, 7) is 5.12. The number of ether oxygens (including phenoxy) is 1. The third-order valence-corrected chi connectivity index (χ3v) is 5.15. The predicted octanol–water partition coefficient (Wildman–Crippen LogP) is 3.06. The summed E-state index contributed by atoms with van der Waals surface area (Å²) in [6.07, 6.45) is 3.22. The van der Waals surface area contributed by atoms with Crippen molar-refractivity contribution in [2.75, 3.05) is 38.3 Å². The highest BCUT2D eigenvalue weighted by atomic mass is 16.5. The summed E-state index contributed by atoms with van der Waals surface area (Å²) in [5.74, 6) is 0.944. The number of rotatable bonds is 5. The molecule has 3 aromatic rings. The van der Waals surface area contributed by atoms with Crippen molar-refractivity contribution in [1.82, 2.24) is 20.5 Å². The van der Waals surface area contributed by atoms with E-state index < -0.39 is 0 Å². The lowest BCUT2D eigenvalue weighted by atomic mass is 10.0. The molecule has 0 aliphatic carbocycles. The van der Waals surface area contributed by atoms with E-state index in [1.165, 1.54) is 6.21 Å². The van der Waals surface area contributed by atoms with E-state index >= 15 is 0 Å². The first kappa shape index (κ1) is 18.2. The van der Waals surface area contributed by atoms with E-state index in [0.29, 0.717) is 0 Å². The van der Waals surface area contributed by atoms with Gasteiger partial charge in [0.15, 0.2) is 0 Å². The van der Waals surface area contributed by atoms with Crippen LogP contribution in [0.15, 0.2) is 42.2 Å². The average Bonchev–Trinajstić information content (AvgIpc) is 3.18. The average molecular weight is 376 g/mol. The SMILES string of the molecule is CN/C(C)=C(\C=N)c1ccc2[nH]nc(-c3ccnc(N4CCOCC4)c3)c2c1. The fraction of sp³-hybridized carbons (Fsp3) is 0.286. The van der Waals surface area contributed by atoms with Crippen LogP contribution in [0.4, 0.5) is 5.82 Å². The molecule has 28 heavy (non-hydrogen) atoms. The lowest BCUT2D eigenvalue weighted by Gasteiger charge is -2.27. The first-order valence-corrected chi connectivity index (χ1v) is 9.38. The van der Waals surface area contributed by atoms with Gasteiger partial charge in [0.25, 0.3) is 0 Å². The van der Waals surface area contributed by atoms with Crippen LogP contribution in [0.25, 0.3) is 27.7 Å². The summed E-state index contributed by atoms with van der Waals surface area (Å²) in [5.41, 5.74) is 5.68. The van der Waals surface area contributed by atoms with Crippen molar-refractivity contribution in [3.05, 3.63) is 47.8 Å². The van der Waals surface area contributed by atoms with Gasteiger partial charge in [-0.3, -0.25) is 5.10 Å². The molecule has 0 atom stereocenters. The summed E-state index contributed by atoms with van der Waals surface area (Å²) in [6, 6.07) is 10.2. The van der Waals surface area contributed by atoms with Gasteiger partial charge in [0.05, 0.1) is 18.7 Å². The van der Waals surface area contributed by atoms with E-state index in [0.717, 1.165) is 71.1 Å². The number of allylic oxidation sites excluding steroid dienone is 2. The van der Waals surface area contributed by atoms with Gasteiger partial charge in [-0.25, -0.2) is 4.98 Å². The molecule has 3 heterocycles. The van der Waals surface area contributed by atoms with Crippen molar-refractivity contribution in [3.8, 4) is 11.3 Å². The summed E-state index contributed by atoms with van der Waals surface area (Å²) >= 11 is 0. The summed E-state index contributed by atoms with van der Waals surface area (Å²) in [7, 11) is 1.87. The molecule has 1 saturated heterocycles. The van der Waals surface area contributed by atoms with Crippen LogP contribution in [0.2, 0.25) is 0 Å². The molecule has 0 radical (unpaired) electrons. The molecule has 0 bridgehead atoms. The molecular weight excluding hydrogens is 352 g/mol. The number of nitrogens with zero attached hydrogens (tertiary/aromatic N) is 3. The van der Waals surface area contributed by atoms with Crippen LogP contribution in [-0.4, -0.2) is 54.7 Å². The minimum absolute atomic E-state index is 0.726. The largest absolute Gasteiger partial charge is 0.391 e. The molecule has 0 unspecified atom stereocenters. The first-order chi connectivity index (χ1) is 13.7. The van der Waals surface area contributed by atoms with Gasteiger partial charge < -0.3 is 20.4 Å². The Bertz CT molecular complexity index is 1030. The number of pyridine rings is 1. The maximum absolute atomic E-state index is 7.79. The van der Waals surface area contributed by atoms with Gasteiger partial charge in [-0.05, 0) is 36.8 Å². The normalized spacial score (nSPS) is 15.4. The summed E-state index contributed by atoms with van der Waals surface area (Å²) in [4.78, 5) is 6.77. The van der Waals surface area contributed by atoms with Gasteiger partial charge in [0, 0.05) is 54.8 Å². The Kier molecular flexibility index (Phi) is 5.08. The highest BCUT2D eigenvalue weighted by molar-refractivity contribution is 6.11. The Hall–Kier alpha value is -3.19. The van der Waals surface area contributed by atoms with E-state index in [2.05, 4.69) is 37.5 Å². The van der Waals surface area contributed by atoms with Crippen LogP contribution in [-0.2, 0) is 4.74 Å². The predicted molar refractivity (Wildman–Crippen MR) is 113 cm³/mol. The number of hydrogen-bond acceptors (Lipinski definition) is 6. The standard InChI is InChI=1S/C21H24N6O/c1-14(23-2)18(13-22)15-3-4-19-17(11-15)21(26-25-19)16-5-6-24-20(12-16)27-7-9-28-10-8-27/h3-6,11-13,22-23H,7-10H2,1-2H3,(H,25,26)/b18-14+,22-13?. The third-order valence-electron chi connectivity index (χ3n) is 5.15. The number of nitrogens with one attached hydrogen (secondary N) is 3. The van der Waals surface area contributed by atoms with Gasteiger partial charge in [0.2, 0.25) is 0 Å². The molecule has 3 N–H and O–H groups in total. The lowest BCUT2D eigenvalue weighted by Crippen LogP contribution is -2.36. The second-order valence-corrected chi connectivity index (χ2v) is 6.77. The number of aromatic nitrogens is 3. The zero-order valence-corrected chi connectivity index (χ0v) is 16.1. The van der Waals surface area contributed by atoms with E-state index in [4.69, 9.17) is 10.1 Å². The number of anilines is 1. The van der Waals surface area contributed by atoms with Crippen LogP contribution in [0.5, 0.6) is 0 Å². The zero-order valence-electron chi connectivity index (χ0n) is 16.1. The Labute approximate surface area is 163 Å². The van der Waals surface area contributed by atoms with Crippen LogP contribution in [0.1, 0.15) is 12.5 Å². The van der Waals surface area contributed by atoms with Crippen LogP contribution >= 0.6 is 0 Å². The van der Waals surface area contributed by atoms with Crippen molar-refractivity contribution < 1.29 is 4.74 Å². The summed E-state index contributed by atoms with van der Waals surface area (Å²) < 4.78 is 5.44. The quantitative estimate of drug-likeness (QED) is 0.596. The minimum Gasteiger partial charge on any atom is -0.391 e. The fourth-order valence-electron chi connectivity index (χ4n) is 3.48. The molecule has 7 nitrogen and oxygen atoms in total. The molecule has 1 aliphatic rings. The molecule has 7 heteroatoms. The molecule has 1 aromatic carbocycles.